The van der Waals surface area contributed by atoms with Gasteiger partial charge in [-0.1, -0.05) is 11.6 Å². The van der Waals surface area contributed by atoms with Gasteiger partial charge in [0.1, 0.15) is 5.75 Å². The van der Waals surface area contributed by atoms with E-state index in [1.54, 1.807) is 6.92 Å². The van der Waals surface area contributed by atoms with Gasteiger partial charge in [-0.3, -0.25) is 4.79 Å². The standard InChI is InChI=1S/C15H14ClF3N4O4/c1-9-13(16)14(23(25)26)21-22(9)8-2-3-12(24)20-10-4-6-11(7-5-10)27-15(17,18)19/h4-7H,2-3,8H2,1H3,(H,20,24). The van der Waals surface area contributed by atoms with Gasteiger partial charge in [-0.05, 0) is 42.5 Å². The van der Waals surface area contributed by atoms with E-state index < -0.39 is 22.9 Å². The summed E-state index contributed by atoms with van der Waals surface area (Å²) in [4.78, 5) is 22.0. The highest BCUT2D eigenvalue weighted by molar-refractivity contribution is 6.33. The van der Waals surface area contributed by atoms with Gasteiger partial charge in [0.2, 0.25) is 5.91 Å². The van der Waals surface area contributed by atoms with E-state index in [1.165, 1.54) is 16.8 Å². The molecule has 1 heterocycles. The number of hydrogen-bond donors (Lipinski definition) is 1. The van der Waals surface area contributed by atoms with Gasteiger partial charge in [-0.25, -0.2) is 0 Å². The smallest absolute Gasteiger partial charge is 0.406 e. The topological polar surface area (TPSA) is 99.3 Å². The van der Waals surface area contributed by atoms with Crippen LogP contribution in [0, 0.1) is 17.0 Å². The van der Waals surface area contributed by atoms with E-state index in [-0.39, 0.29) is 23.9 Å². The summed E-state index contributed by atoms with van der Waals surface area (Å²) in [5.74, 6) is -1.21. The van der Waals surface area contributed by atoms with Crippen molar-refractivity contribution in [2.75, 3.05) is 5.32 Å². The normalized spacial score (nSPS) is 11.3. The van der Waals surface area contributed by atoms with Gasteiger partial charge >= 0.3 is 12.2 Å². The van der Waals surface area contributed by atoms with Crippen LogP contribution in [0.5, 0.6) is 5.75 Å². The molecule has 0 fully saturated rings. The number of hydrogen-bond acceptors (Lipinski definition) is 5. The van der Waals surface area contributed by atoms with E-state index >= 15 is 0 Å². The number of nitrogens with one attached hydrogen (secondary N) is 1. The van der Waals surface area contributed by atoms with Gasteiger partial charge in [0.05, 0.1) is 17.3 Å². The Morgan fingerprint density at radius 1 is 1.37 bits per heavy atom. The van der Waals surface area contributed by atoms with Crippen molar-refractivity contribution in [2.45, 2.75) is 32.7 Å². The van der Waals surface area contributed by atoms with Crippen molar-refractivity contribution in [3.8, 4) is 5.75 Å². The molecule has 0 unspecified atom stereocenters. The summed E-state index contributed by atoms with van der Waals surface area (Å²) in [5.41, 5.74) is 0.729. The highest BCUT2D eigenvalue weighted by Gasteiger charge is 2.31. The number of aryl methyl sites for hydroxylation is 1. The van der Waals surface area contributed by atoms with E-state index in [1.807, 2.05) is 0 Å². The molecule has 0 saturated carbocycles. The van der Waals surface area contributed by atoms with Crippen LogP contribution in [0.3, 0.4) is 0 Å². The molecule has 0 atom stereocenters. The molecule has 8 nitrogen and oxygen atoms in total. The maximum atomic E-state index is 12.1. The van der Waals surface area contributed by atoms with Crippen LogP contribution in [0.4, 0.5) is 24.7 Å². The van der Waals surface area contributed by atoms with Crippen molar-refractivity contribution >= 4 is 29.0 Å². The lowest BCUT2D eigenvalue weighted by atomic mass is 10.2. The number of alkyl halides is 3. The molecule has 1 amide bonds. The van der Waals surface area contributed by atoms with Crippen molar-refractivity contribution in [1.29, 1.82) is 0 Å². The Labute approximate surface area is 156 Å². The first-order valence-electron chi connectivity index (χ1n) is 7.60. The molecule has 2 rings (SSSR count). The van der Waals surface area contributed by atoms with Crippen molar-refractivity contribution in [2.24, 2.45) is 0 Å². The molecule has 0 aliphatic carbocycles. The maximum absolute atomic E-state index is 12.1. The molecule has 0 spiro atoms. The quantitative estimate of drug-likeness (QED) is 0.552. The third-order valence-corrected chi connectivity index (χ3v) is 3.88. The summed E-state index contributed by atoms with van der Waals surface area (Å²) in [6, 6.07) is 4.72. The Kier molecular flexibility index (Phi) is 6.26. The predicted molar refractivity (Wildman–Crippen MR) is 89.6 cm³/mol. The first-order valence-corrected chi connectivity index (χ1v) is 7.97. The third-order valence-electron chi connectivity index (χ3n) is 3.43. The molecule has 0 saturated heterocycles. The zero-order chi connectivity index (χ0) is 20.2. The molecule has 1 aromatic carbocycles. The average Bonchev–Trinajstić information content (AvgIpc) is 2.84. The lowest BCUT2D eigenvalue weighted by molar-refractivity contribution is -0.389. The van der Waals surface area contributed by atoms with Gasteiger partial charge < -0.3 is 20.2 Å². The van der Waals surface area contributed by atoms with Gasteiger partial charge in [0.15, 0.2) is 5.02 Å². The van der Waals surface area contributed by atoms with Crippen molar-refractivity contribution in [1.82, 2.24) is 9.78 Å². The van der Waals surface area contributed by atoms with E-state index in [0.29, 0.717) is 17.8 Å². The number of halogens is 4. The molecule has 12 heteroatoms. The number of carbonyl (C=O) groups excluding carboxylic acids is 1. The zero-order valence-electron chi connectivity index (χ0n) is 13.9. The number of amides is 1. The van der Waals surface area contributed by atoms with Crippen LogP contribution in [-0.2, 0) is 11.3 Å². The monoisotopic (exact) mass is 406 g/mol. The first kappa shape index (κ1) is 20.5. The summed E-state index contributed by atoms with van der Waals surface area (Å²) in [7, 11) is 0. The van der Waals surface area contributed by atoms with E-state index in [2.05, 4.69) is 15.2 Å². The van der Waals surface area contributed by atoms with Gasteiger partial charge in [-0.2, -0.15) is 4.68 Å². The SMILES string of the molecule is Cc1c(Cl)c([N+](=O)[O-])nn1CCCC(=O)Nc1ccc(OC(F)(F)F)cc1. The number of anilines is 1. The molecular weight excluding hydrogens is 393 g/mol. The second-order valence-corrected chi connectivity index (χ2v) is 5.81. The van der Waals surface area contributed by atoms with E-state index in [9.17, 15) is 28.1 Å². The molecule has 0 aliphatic heterocycles. The number of aromatic nitrogens is 2. The highest BCUT2D eigenvalue weighted by Crippen LogP contribution is 2.27. The number of rotatable bonds is 7. The van der Waals surface area contributed by atoms with Crippen LogP contribution < -0.4 is 10.1 Å². The fourth-order valence-corrected chi connectivity index (χ4v) is 2.40. The Morgan fingerprint density at radius 2 is 2.00 bits per heavy atom. The minimum Gasteiger partial charge on any atom is -0.406 e. The number of nitro groups is 1. The zero-order valence-corrected chi connectivity index (χ0v) is 14.7. The minimum absolute atomic E-state index is 0.0504. The predicted octanol–water partition coefficient (Wildman–Crippen LogP) is 4.07. The first-order chi connectivity index (χ1) is 12.6. The van der Waals surface area contributed by atoms with Crippen LogP contribution in [0.1, 0.15) is 18.5 Å². The van der Waals surface area contributed by atoms with Crippen molar-refractivity contribution < 1.29 is 27.6 Å². The fraction of sp³-hybridized carbons (Fsp3) is 0.333. The Morgan fingerprint density at radius 3 is 2.52 bits per heavy atom. The lowest BCUT2D eigenvalue weighted by Gasteiger charge is -2.10. The minimum atomic E-state index is -4.78. The summed E-state index contributed by atoms with van der Waals surface area (Å²) in [5, 5.41) is 17.0. The largest absolute Gasteiger partial charge is 0.573 e. The van der Waals surface area contributed by atoms with Crippen molar-refractivity contribution in [3.63, 3.8) is 0 Å². The molecule has 2 aromatic rings. The average molecular weight is 407 g/mol. The molecule has 27 heavy (non-hydrogen) atoms. The number of carbonyl (C=O) groups is 1. The van der Waals surface area contributed by atoms with Crippen LogP contribution >= 0.6 is 11.6 Å². The maximum Gasteiger partial charge on any atom is 0.573 e. The summed E-state index contributed by atoms with van der Waals surface area (Å²) >= 11 is 5.83. The fourth-order valence-electron chi connectivity index (χ4n) is 2.20. The Hall–Kier alpha value is -2.82. The summed E-state index contributed by atoms with van der Waals surface area (Å²) in [6.45, 7) is 1.82. The molecule has 0 bridgehead atoms. The second-order valence-electron chi connectivity index (χ2n) is 5.43. The third kappa shape index (κ3) is 5.84. The Bertz CT molecular complexity index is 837. The second kappa shape index (κ2) is 8.25. The highest BCUT2D eigenvalue weighted by atomic mass is 35.5. The van der Waals surface area contributed by atoms with Crippen LogP contribution in [0.2, 0.25) is 5.02 Å². The molecule has 146 valence electrons. The molecule has 1 aromatic heterocycles. The summed E-state index contributed by atoms with van der Waals surface area (Å²) in [6.07, 6.45) is -4.38. The van der Waals surface area contributed by atoms with Gasteiger partial charge in [0, 0.05) is 12.1 Å². The molecule has 1 N–H and O–H groups in total. The molecule has 0 aliphatic rings. The van der Waals surface area contributed by atoms with E-state index in [4.69, 9.17) is 11.6 Å². The van der Waals surface area contributed by atoms with Gasteiger partial charge in [0.25, 0.3) is 0 Å². The molecule has 0 radical (unpaired) electrons. The van der Waals surface area contributed by atoms with Gasteiger partial charge in [-0.15, -0.1) is 13.2 Å². The molecular formula is C15H14ClF3N4O4. The number of ether oxygens (including phenoxy) is 1. The number of benzene rings is 1. The van der Waals surface area contributed by atoms with Crippen LogP contribution in [0.15, 0.2) is 24.3 Å². The van der Waals surface area contributed by atoms with Crippen LogP contribution in [0.25, 0.3) is 0 Å². The Balaban J connectivity index is 1.85. The lowest BCUT2D eigenvalue weighted by Crippen LogP contribution is -2.17. The number of nitrogens with zero attached hydrogens (tertiary/aromatic N) is 3. The summed E-state index contributed by atoms with van der Waals surface area (Å²) < 4.78 is 41.3. The van der Waals surface area contributed by atoms with Crippen molar-refractivity contribution in [3.05, 3.63) is 45.1 Å². The van der Waals surface area contributed by atoms with Crippen LogP contribution in [-0.4, -0.2) is 27.0 Å². The van der Waals surface area contributed by atoms with E-state index in [0.717, 1.165) is 12.1 Å².